The first-order chi connectivity index (χ1) is 9.35. The highest BCUT2D eigenvalue weighted by Crippen LogP contribution is 2.34. The van der Waals surface area contributed by atoms with Crippen molar-refractivity contribution in [2.24, 2.45) is 0 Å². The third-order valence-electron chi connectivity index (χ3n) is 3.22. The number of thiophene rings is 1. The fourth-order valence-corrected chi connectivity index (χ4v) is 5.26. The van der Waals surface area contributed by atoms with E-state index in [1.54, 1.807) is 0 Å². The van der Waals surface area contributed by atoms with Crippen LogP contribution in [0.15, 0.2) is 15.7 Å². The molecule has 1 aromatic rings. The van der Waals surface area contributed by atoms with Crippen molar-refractivity contribution in [3.63, 3.8) is 0 Å². The Morgan fingerprint density at radius 1 is 1.40 bits per heavy atom. The molecule has 0 bridgehead atoms. The van der Waals surface area contributed by atoms with Crippen LogP contribution in [0.25, 0.3) is 0 Å². The van der Waals surface area contributed by atoms with E-state index in [0.717, 1.165) is 26.4 Å². The number of aliphatic carboxylic acids is 1. The van der Waals surface area contributed by atoms with Gasteiger partial charge in [0.2, 0.25) is 10.0 Å². The van der Waals surface area contributed by atoms with Gasteiger partial charge in [0.25, 0.3) is 6.43 Å². The molecule has 1 aromatic heterocycles. The molecule has 0 amide bonds. The minimum Gasteiger partial charge on any atom is -0.480 e. The van der Waals surface area contributed by atoms with E-state index in [1.165, 1.54) is 0 Å². The molecule has 0 radical (unpaired) electrons. The van der Waals surface area contributed by atoms with Crippen LogP contribution in [0.5, 0.6) is 0 Å². The molecule has 2 rings (SSSR count). The Hall–Kier alpha value is -1.06. The molecule has 2 heterocycles. The van der Waals surface area contributed by atoms with E-state index >= 15 is 0 Å². The van der Waals surface area contributed by atoms with Crippen LogP contribution >= 0.6 is 11.3 Å². The average molecular weight is 325 g/mol. The summed E-state index contributed by atoms with van der Waals surface area (Å²) in [5.74, 6) is -1.25. The van der Waals surface area contributed by atoms with Crippen LogP contribution in [0.3, 0.4) is 0 Å². The third kappa shape index (κ3) is 2.70. The van der Waals surface area contributed by atoms with Gasteiger partial charge in [-0.05, 0) is 19.3 Å². The van der Waals surface area contributed by atoms with E-state index < -0.39 is 38.9 Å². The number of sulfonamides is 1. The van der Waals surface area contributed by atoms with E-state index in [1.807, 2.05) is 0 Å². The standard InChI is InChI=1S/C11H13F2NO4S2/c12-10(13)7-5-19-6-9(7)20(17,18)14-4-2-1-3-8(14)11(15)16/h5-6,8,10H,1-4H2,(H,15,16)/t8-/m1/s1. The third-order valence-corrected chi connectivity index (χ3v) is 6.09. The van der Waals surface area contributed by atoms with Gasteiger partial charge >= 0.3 is 5.97 Å². The van der Waals surface area contributed by atoms with E-state index in [9.17, 15) is 22.0 Å². The number of carboxylic acid groups (broad SMARTS) is 1. The number of hydrogen-bond donors (Lipinski definition) is 1. The van der Waals surface area contributed by atoms with Crippen molar-refractivity contribution in [1.29, 1.82) is 0 Å². The Morgan fingerprint density at radius 3 is 2.70 bits per heavy atom. The highest BCUT2D eigenvalue weighted by atomic mass is 32.2. The summed E-state index contributed by atoms with van der Waals surface area (Å²) >= 11 is 0.862. The highest BCUT2D eigenvalue weighted by Gasteiger charge is 2.39. The Kier molecular flexibility index (Phi) is 4.40. The molecule has 9 heteroatoms. The molecule has 1 atom stereocenters. The van der Waals surface area contributed by atoms with Crippen molar-refractivity contribution < 1.29 is 27.1 Å². The van der Waals surface area contributed by atoms with Crippen molar-refractivity contribution >= 4 is 27.3 Å². The molecule has 0 saturated carbocycles. The highest BCUT2D eigenvalue weighted by molar-refractivity contribution is 7.89. The first-order valence-corrected chi connectivity index (χ1v) is 8.33. The second-order valence-corrected chi connectivity index (χ2v) is 7.06. The summed E-state index contributed by atoms with van der Waals surface area (Å²) < 4.78 is 51.3. The summed E-state index contributed by atoms with van der Waals surface area (Å²) in [6.07, 6.45) is -1.58. The Balaban J connectivity index is 2.42. The number of halogens is 2. The fourth-order valence-electron chi connectivity index (χ4n) is 2.23. The van der Waals surface area contributed by atoms with E-state index in [4.69, 9.17) is 5.11 Å². The molecular weight excluding hydrogens is 312 g/mol. The van der Waals surface area contributed by atoms with Gasteiger partial charge in [0, 0.05) is 22.9 Å². The number of hydrogen-bond acceptors (Lipinski definition) is 4. The quantitative estimate of drug-likeness (QED) is 0.922. The van der Waals surface area contributed by atoms with E-state index in [2.05, 4.69) is 0 Å². The SMILES string of the molecule is O=C(O)[C@H]1CCCCN1S(=O)(=O)c1cscc1C(F)F. The maximum atomic E-state index is 12.8. The van der Waals surface area contributed by atoms with Gasteiger partial charge in [0.15, 0.2) is 0 Å². The zero-order chi connectivity index (χ0) is 14.9. The Bertz CT molecular complexity index is 599. The first-order valence-electron chi connectivity index (χ1n) is 5.94. The average Bonchev–Trinajstić information content (AvgIpc) is 2.88. The lowest BCUT2D eigenvalue weighted by Gasteiger charge is -2.31. The maximum absolute atomic E-state index is 12.8. The minimum absolute atomic E-state index is 0.0395. The lowest BCUT2D eigenvalue weighted by molar-refractivity contribution is -0.142. The van der Waals surface area contributed by atoms with Crippen LogP contribution in [-0.2, 0) is 14.8 Å². The minimum atomic E-state index is -4.21. The van der Waals surface area contributed by atoms with Crippen LogP contribution in [0, 0.1) is 0 Å². The molecular formula is C11H13F2NO4S2. The molecule has 1 saturated heterocycles. The van der Waals surface area contributed by atoms with Gasteiger partial charge in [-0.25, -0.2) is 17.2 Å². The molecule has 5 nitrogen and oxygen atoms in total. The second-order valence-electron chi connectivity index (χ2n) is 4.46. The van der Waals surface area contributed by atoms with Crippen molar-refractivity contribution in [3.8, 4) is 0 Å². The summed E-state index contributed by atoms with van der Waals surface area (Å²) in [7, 11) is -4.21. The number of alkyl halides is 2. The van der Waals surface area contributed by atoms with Crippen LogP contribution in [-0.4, -0.2) is 36.4 Å². The van der Waals surface area contributed by atoms with Crippen LogP contribution in [0.4, 0.5) is 8.78 Å². The van der Waals surface area contributed by atoms with Gasteiger partial charge in [-0.3, -0.25) is 4.79 Å². The Labute approximate surface area is 118 Å². The summed E-state index contributed by atoms with van der Waals surface area (Å²) in [4.78, 5) is 10.7. The zero-order valence-electron chi connectivity index (χ0n) is 10.3. The zero-order valence-corrected chi connectivity index (χ0v) is 12.0. The van der Waals surface area contributed by atoms with Crippen LogP contribution < -0.4 is 0 Å². The molecule has 112 valence electrons. The lowest BCUT2D eigenvalue weighted by Crippen LogP contribution is -2.47. The van der Waals surface area contributed by atoms with Gasteiger partial charge in [-0.2, -0.15) is 15.6 Å². The molecule has 1 N–H and O–H groups in total. The summed E-state index contributed by atoms with van der Waals surface area (Å²) in [5, 5.41) is 11.3. The molecule has 20 heavy (non-hydrogen) atoms. The maximum Gasteiger partial charge on any atom is 0.322 e. The van der Waals surface area contributed by atoms with Crippen molar-refractivity contribution in [2.45, 2.75) is 36.6 Å². The van der Waals surface area contributed by atoms with Crippen LogP contribution in [0.2, 0.25) is 0 Å². The summed E-state index contributed by atoms with van der Waals surface area (Å²) in [5.41, 5.74) is -0.565. The predicted octanol–water partition coefficient (Wildman–Crippen LogP) is 2.31. The van der Waals surface area contributed by atoms with Crippen molar-refractivity contribution in [1.82, 2.24) is 4.31 Å². The topological polar surface area (TPSA) is 74.7 Å². The largest absolute Gasteiger partial charge is 0.480 e. The lowest BCUT2D eigenvalue weighted by atomic mass is 10.1. The molecule has 1 aliphatic heterocycles. The predicted molar refractivity (Wildman–Crippen MR) is 68.4 cm³/mol. The molecule has 0 aliphatic carbocycles. The van der Waals surface area contributed by atoms with E-state index in [-0.39, 0.29) is 13.0 Å². The molecule has 1 fully saturated rings. The number of carboxylic acids is 1. The van der Waals surface area contributed by atoms with Crippen molar-refractivity contribution in [2.75, 3.05) is 6.54 Å². The first kappa shape index (κ1) is 15.3. The number of nitrogens with zero attached hydrogens (tertiary/aromatic N) is 1. The van der Waals surface area contributed by atoms with Gasteiger partial charge in [0.1, 0.15) is 10.9 Å². The monoisotopic (exact) mass is 325 g/mol. The van der Waals surface area contributed by atoms with Gasteiger partial charge < -0.3 is 5.11 Å². The van der Waals surface area contributed by atoms with Gasteiger partial charge in [-0.15, -0.1) is 0 Å². The van der Waals surface area contributed by atoms with Crippen molar-refractivity contribution in [3.05, 3.63) is 16.3 Å². The molecule has 1 aliphatic rings. The summed E-state index contributed by atoms with van der Waals surface area (Å²) in [6, 6.07) is -1.18. The molecule has 0 unspecified atom stereocenters. The number of rotatable bonds is 4. The summed E-state index contributed by atoms with van der Waals surface area (Å²) in [6.45, 7) is 0.0395. The normalized spacial score (nSPS) is 21.2. The molecule has 0 aromatic carbocycles. The van der Waals surface area contributed by atoms with E-state index in [0.29, 0.717) is 12.8 Å². The smallest absolute Gasteiger partial charge is 0.322 e. The molecule has 0 spiro atoms. The van der Waals surface area contributed by atoms with Gasteiger partial charge in [-0.1, -0.05) is 0 Å². The second kappa shape index (κ2) is 5.74. The fraction of sp³-hybridized carbons (Fsp3) is 0.545. The number of piperidine rings is 1. The Morgan fingerprint density at radius 2 is 2.10 bits per heavy atom. The number of carbonyl (C=O) groups is 1. The van der Waals surface area contributed by atoms with Crippen LogP contribution in [0.1, 0.15) is 31.3 Å². The van der Waals surface area contributed by atoms with Gasteiger partial charge in [0.05, 0.1) is 0 Å².